The van der Waals surface area contributed by atoms with E-state index in [0.29, 0.717) is 12.6 Å². The van der Waals surface area contributed by atoms with E-state index in [1.807, 2.05) is 7.05 Å². The first-order valence-electron chi connectivity index (χ1n) is 6.21. The predicted molar refractivity (Wildman–Crippen MR) is 74.6 cm³/mol. The molecule has 1 rings (SSSR count). The summed E-state index contributed by atoms with van der Waals surface area (Å²) in [5.74, 6) is 0. The van der Waals surface area contributed by atoms with Crippen molar-refractivity contribution in [3.05, 3.63) is 28.7 Å². The van der Waals surface area contributed by atoms with E-state index in [2.05, 4.69) is 28.5 Å². The first-order chi connectivity index (χ1) is 8.83. The third-order valence-electron chi connectivity index (χ3n) is 2.93. The Morgan fingerprint density at radius 2 is 2.05 bits per heavy atom. The number of pyridine rings is 1. The molecule has 0 amide bonds. The molecule has 0 aromatic carbocycles. The van der Waals surface area contributed by atoms with Gasteiger partial charge in [-0.3, -0.25) is 4.79 Å². The summed E-state index contributed by atoms with van der Waals surface area (Å²) in [4.78, 5) is 15.4. The van der Waals surface area contributed by atoms with Crippen LogP contribution in [0.4, 0.5) is 0 Å². The highest BCUT2D eigenvalue weighted by Crippen LogP contribution is 2.04. The Morgan fingerprint density at radius 1 is 1.37 bits per heavy atom. The number of hydrogen-bond acceptors (Lipinski definition) is 4. The normalized spacial score (nSPS) is 12.3. The lowest BCUT2D eigenvalue weighted by Crippen LogP contribution is -2.31. The molecule has 0 radical (unpaired) electrons. The van der Waals surface area contributed by atoms with E-state index in [1.54, 1.807) is 0 Å². The van der Waals surface area contributed by atoms with Crippen LogP contribution in [-0.4, -0.2) is 44.5 Å². The van der Waals surface area contributed by atoms with E-state index < -0.39 is 10.0 Å². The van der Waals surface area contributed by atoms with Gasteiger partial charge in [-0.05, 0) is 39.9 Å². The van der Waals surface area contributed by atoms with Crippen molar-refractivity contribution in [1.29, 1.82) is 0 Å². The largest absolute Gasteiger partial charge is 0.328 e. The second-order valence-corrected chi connectivity index (χ2v) is 6.48. The Kier molecular flexibility index (Phi) is 5.71. The van der Waals surface area contributed by atoms with Crippen molar-refractivity contribution < 1.29 is 8.42 Å². The van der Waals surface area contributed by atoms with Crippen molar-refractivity contribution in [3.8, 4) is 0 Å². The highest BCUT2D eigenvalue weighted by Gasteiger charge is 2.13. The highest BCUT2D eigenvalue weighted by molar-refractivity contribution is 7.89. The molecule has 0 aliphatic heterocycles. The van der Waals surface area contributed by atoms with Crippen LogP contribution in [-0.2, 0) is 10.0 Å². The van der Waals surface area contributed by atoms with Crippen LogP contribution in [0.2, 0.25) is 0 Å². The van der Waals surface area contributed by atoms with Gasteiger partial charge in [0.05, 0.1) is 4.90 Å². The highest BCUT2D eigenvalue weighted by atomic mass is 32.2. The smallest absolute Gasteiger partial charge is 0.247 e. The van der Waals surface area contributed by atoms with Crippen LogP contribution >= 0.6 is 0 Å². The van der Waals surface area contributed by atoms with E-state index in [0.717, 1.165) is 13.0 Å². The minimum atomic E-state index is -3.53. The van der Waals surface area contributed by atoms with Crippen molar-refractivity contribution in [2.45, 2.75) is 31.2 Å². The molecule has 0 bridgehead atoms. The van der Waals surface area contributed by atoms with Crippen molar-refractivity contribution in [2.24, 2.45) is 0 Å². The van der Waals surface area contributed by atoms with Crippen molar-refractivity contribution in [3.63, 3.8) is 0 Å². The summed E-state index contributed by atoms with van der Waals surface area (Å²) in [6.07, 6.45) is 1.93. The summed E-state index contributed by atoms with van der Waals surface area (Å²) in [6.45, 7) is 5.37. The molecule has 0 saturated heterocycles. The van der Waals surface area contributed by atoms with Crippen LogP contribution in [0.3, 0.4) is 0 Å². The minimum absolute atomic E-state index is 0.0734. The van der Waals surface area contributed by atoms with Gasteiger partial charge in [-0.15, -0.1) is 0 Å². The molecule has 0 unspecified atom stereocenters. The monoisotopic (exact) mass is 287 g/mol. The van der Waals surface area contributed by atoms with Gasteiger partial charge in [-0.2, -0.15) is 0 Å². The molecule has 6 nitrogen and oxygen atoms in total. The molecule has 19 heavy (non-hydrogen) atoms. The molecule has 0 spiro atoms. The molecule has 0 aliphatic carbocycles. The van der Waals surface area contributed by atoms with Crippen LogP contribution in [0.25, 0.3) is 0 Å². The summed E-state index contributed by atoms with van der Waals surface area (Å²) in [7, 11) is -1.53. The van der Waals surface area contributed by atoms with Gasteiger partial charge < -0.3 is 9.88 Å². The summed E-state index contributed by atoms with van der Waals surface area (Å²) >= 11 is 0. The number of hydrogen-bond donors (Lipinski definition) is 2. The Balaban J connectivity index is 2.48. The van der Waals surface area contributed by atoms with Crippen molar-refractivity contribution in [2.75, 3.05) is 20.1 Å². The second kappa shape index (κ2) is 6.83. The number of sulfonamides is 1. The third kappa shape index (κ3) is 5.14. The van der Waals surface area contributed by atoms with Crippen LogP contribution in [0, 0.1) is 0 Å². The van der Waals surface area contributed by atoms with Gasteiger partial charge in [0.1, 0.15) is 0 Å². The molecule has 108 valence electrons. The lowest BCUT2D eigenvalue weighted by molar-refractivity contribution is 0.271. The number of aromatic nitrogens is 1. The molecule has 0 atom stereocenters. The van der Waals surface area contributed by atoms with Gasteiger partial charge in [0.25, 0.3) is 0 Å². The molecular formula is C12H21N3O3S. The zero-order chi connectivity index (χ0) is 14.5. The first kappa shape index (κ1) is 15.9. The standard InChI is InChI=1S/C12H21N3O3S/c1-10(2)15(3)8-4-7-14-19(17,18)11-5-6-12(16)13-9-11/h5-6,9-10,14H,4,7-8H2,1-3H3,(H,13,16). The molecular weight excluding hydrogens is 266 g/mol. The maximum atomic E-state index is 11.9. The van der Waals surface area contributed by atoms with E-state index in [1.165, 1.54) is 18.3 Å². The van der Waals surface area contributed by atoms with Crippen LogP contribution < -0.4 is 10.3 Å². The summed E-state index contributed by atoms with van der Waals surface area (Å²) in [5.41, 5.74) is -0.322. The Hall–Kier alpha value is -1.18. The van der Waals surface area contributed by atoms with E-state index >= 15 is 0 Å². The van der Waals surface area contributed by atoms with Gasteiger partial charge in [-0.1, -0.05) is 0 Å². The van der Waals surface area contributed by atoms with Crippen LogP contribution in [0.5, 0.6) is 0 Å². The van der Waals surface area contributed by atoms with Crippen molar-refractivity contribution >= 4 is 10.0 Å². The molecule has 7 heteroatoms. The fourth-order valence-electron chi connectivity index (χ4n) is 1.44. The SMILES string of the molecule is CC(C)N(C)CCCNS(=O)(=O)c1ccc(=O)[nH]c1. The average Bonchev–Trinajstić information content (AvgIpc) is 2.34. The first-order valence-corrected chi connectivity index (χ1v) is 7.70. The topological polar surface area (TPSA) is 82.3 Å². The molecule has 1 aromatic rings. The fraction of sp³-hybridized carbons (Fsp3) is 0.583. The number of aromatic amines is 1. The number of rotatable bonds is 7. The van der Waals surface area contributed by atoms with Gasteiger partial charge in [0.2, 0.25) is 15.6 Å². The number of nitrogens with zero attached hydrogens (tertiary/aromatic N) is 1. The number of H-pyrrole nitrogens is 1. The van der Waals surface area contributed by atoms with Crippen molar-refractivity contribution in [1.82, 2.24) is 14.6 Å². The van der Waals surface area contributed by atoms with Gasteiger partial charge in [-0.25, -0.2) is 13.1 Å². The molecule has 0 aliphatic rings. The molecule has 0 fully saturated rings. The van der Waals surface area contributed by atoms with E-state index in [4.69, 9.17) is 0 Å². The van der Waals surface area contributed by atoms with E-state index in [-0.39, 0.29) is 10.5 Å². The second-order valence-electron chi connectivity index (χ2n) is 4.71. The van der Waals surface area contributed by atoms with Gasteiger partial charge >= 0.3 is 0 Å². The van der Waals surface area contributed by atoms with Crippen LogP contribution in [0.15, 0.2) is 28.0 Å². The zero-order valence-corrected chi connectivity index (χ0v) is 12.3. The maximum absolute atomic E-state index is 11.9. The molecule has 2 N–H and O–H groups in total. The quantitative estimate of drug-likeness (QED) is 0.711. The summed E-state index contributed by atoms with van der Waals surface area (Å²) in [5, 5.41) is 0. The molecule has 1 heterocycles. The Labute approximate surface area is 113 Å². The maximum Gasteiger partial charge on any atom is 0.247 e. The minimum Gasteiger partial charge on any atom is -0.328 e. The lowest BCUT2D eigenvalue weighted by Gasteiger charge is -2.20. The van der Waals surface area contributed by atoms with Crippen LogP contribution in [0.1, 0.15) is 20.3 Å². The Bertz CT molecular complexity index is 531. The van der Waals surface area contributed by atoms with Gasteiger partial charge in [0.15, 0.2) is 0 Å². The van der Waals surface area contributed by atoms with Gasteiger partial charge in [0, 0.05) is 24.8 Å². The third-order valence-corrected chi connectivity index (χ3v) is 4.39. The number of nitrogens with one attached hydrogen (secondary N) is 2. The zero-order valence-electron chi connectivity index (χ0n) is 11.5. The molecule has 0 saturated carbocycles. The summed E-state index contributed by atoms with van der Waals surface area (Å²) < 4.78 is 26.3. The average molecular weight is 287 g/mol. The molecule has 1 aromatic heterocycles. The Morgan fingerprint density at radius 3 is 2.58 bits per heavy atom. The fourth-order valence-corrected chi connectivity index (χ4v) is 2.48. The predicted octanol–water partition coefficient (Wildman–Crippen LogP) is 0.384. The summed E-state index contributed by atoms with van der Waals surface area (Å²) in [6, 6.07) is 2.93. The van der Waals surface area contributed by atoms with E-state index in [9.17, 15) is 13.2 Å². The lowest BCUT2D eigenvalue weighted by atomic mass is 10.3.